The summed E-state index contributed by atoms with van der Waals surface area (Å²) in [6.07, 6.45) is 11.0. The Kier molecular flexibility index (Phi) is 12.8. The third-order valence-corrected chi connectivity index (χ3v) is 7.83. The lowest BCUT2D eigenvalue weighted by molar-refractivity contribution is -0.131. The average Bonchev–Trinajstić information content (AvgIpc) is 3.49. The summed E-state index contributed by atoms with van der Waals surface area (Å²) in [6, 6.07) is 17.5. The summed E-state index contributed by atoms with van der Waals surface area (Å²) >= 11 is 6.53. The number of hydrogen-bond donors (Lipinski definition) is 2. The Morgan fingerprint density at radius 3 is 2.69 bits per heavy atom. The lowest BCUT2D eigenvalue weighted by Crippen LogP contribution is -2.22. The van der Waals surface area contributed by atoms with Crippen molar-refractivity contribution < 1.29 is 29.0 Å². The summed E-state index contributed by atoms with van der Waals surface area (Å²) in [4.78, 5) is 42.8. The fraction of sp³-hybridized carbons (Fsp3) is 0.222. The molecular formula is C36H34ClN5O6. The fourth-order valence-electron chi connectivity index (χ4n) is 5.05. The number of likely N-dealkylation sites (N-methyl/N-ethyl adjacent to an activating group) is 1. The third kappa shape index (κ3) is 9.96. The van der Waals surface area contributed by atoms with Gasteiger partial charge in [-0.05, 0) is 93.0 Å². The standard InChI is InChI=1S/C32H30ClN5O2.C4H4O4/c1-21-14-30-28(16-22(21)15-27(39)10-9-26-7-5-13-38(26)2)32(23(18-34)19-36-30)37-24-8-11-31(29(33)17-24)40-20-25-6-3-4-12-35-25;5-3-8-2-1-4(6)7/h3-4,6,8-12,14,16-17,19,26H,5,7,13,15,20H2,1-2H3,(H,36,37);1-3H,(H,6,7)/b10-9+;2-1-/t26-;/m1./s1. The molecule has 0 radical (unpaired) electrons. The molecule has 2 aromatic carbocycles. The van der Waals surface area contributed by atoms with E-state index in [1.165, 1.54) is 0 Å². The molecule has 0 amide bonds. The number of fused-ring (bicyclic) bond motifs is 1. The minimum absolute atomic E-state index is 0.0507. The van der Waals surface area contributed by atoms with Crippen LogP contribution in [0.5, 0.6) is 5.75 Å². The number of aliphatic carboxylic acids is 1. The normalized spacial score (nSPS) is 14.3. The van der Waals surface area contributed by atoms with E-state index in [-0.39, 0.29) is 18.7 Å². The van der Waals surface area contributed by atoms with E-state index in [9.17, 15) is 19.6 Å². The highest BCUT2D eigenvalue weighted by atomic mass is 35.5. The van der Waals surface area contributed by atoms with Gasteiger partial charge >= 0.3 is 5.97 Å². The summed E-state index contributed by atoms with van der Waals surface area (Å²) in [7, 11) is 2.09. The second-order valence-electron chi connectivity index (χ2n) is 10.9. The number of nitrogens with zero attached hydrogens (tertiary/aromatic N) is 4. The Labute approximate surface area is 283 Å². The number of pyridine rings is 2. The molecule has 4 aromatic rings. The maximum atomic E-state index is 12.9. The van der Waals surface area contributed by atoms with E-state index in [4.69, 9.17) is 21.4 Å². The van der Waals surface area contributed by atoms with E-state index in [0.717, 1.165) is 53.4 Å². The quantitative estimate of drug-likeness (QED) is 0.0992. The number of allylic oxidation sites excluding steroid dienone is 1. The largest absolute Gasteiger partial charge is 0.486 e. The number of rotatable bonds is 12. The van der Waals surface area contributed by atoms with Gasteiger partial charge in [0.2, 0.25) is 0 Å². The molecule has 0 aliphatic carbocycles. The molecule has 1 aliphatic rings. The van der Waals surface area contributed by atoms with Crippen LogP contribution in [-0.2, 0) is 32.1 Å². The van der Waals surface area contributed by atoms with Gasteiger partial charge in [0.05, 0.1) is 33.6 Å². The molecule has 0 bridgehead atoms. The number of carboxylic acids is 1. The van der Waals surface area contributed by atoms with Crippen LogP contribution in [-0.4, -0.2) is 57.8 Å². The van der Waals surface area contributed by atoms with Crippen LogP contribution in [0.15, 0.2) is 85.4 Å². The van der Waals surface area contributed by atoms with Gasteiger partial charge in [-0.15, -0.1) is 0 Å². The number of likely N-dealkylation sites (tertiary alicyclic amines) is 1. The number of carboxylic acid groups (broad SMARTS) is 1. The van der Waals surface area contributed by atoms with Crippen LogP contribution < -0.4 is 10.1 Å². The van der Waals surface area contributed by atoms with Crippen molar-refractivity contribution in [3.05, 3.63) is 113 Å². The van der Waals surface area contributed by atoms with Gasteiger partial charge in [-0.3, -0.25) is 24.5 Å². The molecule has 0 spiro atoms. The van der Waals surface area contributed by atoms with Crippen LogP contribution in [0.2, 0.25) is 5.02 Å². The number of anilines is 2. The van der Waals surface area contributed by atoms with Gasteiger partial charge < -0.3 is 19.9 Å². The first-order chi connectivity index (χ1) is 23.2. The number of aryl methyl sites for hydroxylation is 1. The SMILES string of the molecule is Cc1cc2ncc(C#N)c(Nc3ccc(OCc4ccccn4)c(Cl)c3)c2cc1CC(=O)/C=C/[C@H]1CCCN1C.O=CO/C=C\C(=O)O. The van der Waals surface area contributed by atoms with Crippen LogP contribution in [0.1, 0.15) is 35.2 Å². The molecule has 246 valence electrons. The maximum Gasteiger partial charge on any atom is 0.331 e. The number of carbonyl (C=O) groups is 3. The summed E-state index contributed by atoms with van der Waals surface area (Å²) in [5.74, 6) is -0.562. The van der Waals surface area contributed by atoms with Crippen LogP contribution in [0, 0.1) is 18.3 Å². The molecule has 2 aromatic heterocycles. The smallest absolute Gasteiger partial charge is 0.331 e. The molecule has 0 saturated carbocycles. The number of hydrogen-bond acceptors (Lipinski definition) is 10. The van der Waals surface area contributed by atoms with E-state index >= 15 is 0 Å². The molecule has 0 unspecified atom stereocenters. The van der Waals surface area contributed by atoms with Gasteiger partial charge in [0.15, 0.2) is 5.78 Å². The van der Waals surface area contributed by atoms with Crippen molar-refractivity contribution in [2.75, 3.05) is 18.9 Å². The predicted octanol–water partition coefficient (Wildman–Crippen LogP) is 6.31. The molecule has 3 heterocycles. The van der Waals surface area contributed by atoms with Crippen molar-refractivity contribution in [3.63, 3.8) is 0 Å². The number of nitrogens with one attached hydrogen (secondary N) is 1. The molecule has 1 aliphatic heterocycles. The van der Waals surface area contributed by atoms with Crippen molar-refractivity contribution in [2.24, 2.45) is 0 Å². The topological polar surface area (TPSA) is 155 Å². The lowest BCUT2D eigenvalue weighted by Gasteiger charge is -2.15. The Morgan fingerprint density at radius 1 is 1.19 bits per heavy atom. The lowest BCUT2D eigenvalue weighted by atomic mass is 9.98. The molecule has 5 rings (SSSR count). The summed E-state index contributed by atoms with van der Waals surface area (Å²) in [6.45, 7) is 3.48. The van der Waals surface area contributed by atoms with Gasteiger partial charge in [-0.2, -0.15) is 5.26 Å². The van der Waals surface area contributed by atoms with Crippen LogP contribution in [0.3, 0.4) is 0 Å². The predicted molar refractivity (Wildman–Crippen MR) is 182 cm³/mol. The summed E-state index contributed by atoms with van der Waals surface area (Å²) in [5.41, 5.74) is 5.12. The van der Waals surface area contributed by atoms with Crippen LogP contribution in [0.25, 0.3) is 10.9 Å². The molecule has 12 heteroatoms. The second-order valence-corrected chi connectivity index (χ2v) is 11.3. The summed E-state index contributed by atoms with van der Waals surface area (Å²) in [5, 5.41) is 22.3. The number of aromatic nitrogens is 2. The monoisotopic (exact) mass is 667 g/mol. The Bertz CT molecular complexity index is 1870. The van der Waals surface area contributed by atoms with Crippen molar-refractivity contribution in [3.8, 4) is 11.8 Å². The highest BCUT2D eigenvalue weighted by Crippen LogP contribution is 2.34. The fourth-order valence-corrected chi connectivity index (χ4v) is 5.28. The molecule has 2 N–H and O–H groups in total. The minimum Gasteiger partial charge on any atom is -0.486 e. The first-order valence-corrected chi connectivity index (χ1v) is 15.4. The highest BCUT2D eigenvalue weighted by molar-refractivity contribution is 6.32. The van der Waals surface area contributed by atoms with Crippen molar-refractivity contribution in [1.29, 1.82) is 5.26 Å². The molecule has 11 nitrogen and oxygen atoms in total. The van der Waals surface area contributed by atoms with Gasteiger partial charge in [0, 0.05) is 35.9 Å². The Morgan fingerprint density at radius 2 is 2.02 bits per heavy atom. The molecule has 1 saturated heterocycles. The van der Waals surface area contributed by atoms with Gasteiger partial charge in [-0.1, -0.05) is 23.7 Å². The second kappa shape index (κ2) is 17.4. The number of halogens is 1. The van der Waals surface area contributed by atoms with Gasteiger partial charge in [0.1, 0.15) is 24.7 Å². The van der Waals surface area contributed by atoms with E-state index in [1.807, 2.05) is 49.4 Å². The first-order valence-electron chi connectivity index (χ1n) is 15.0. The third-order valence-electron chi connectivity index (χ3n) is 7.54. The molecule has 1 atom stereocenters. The zero-order valence-electron chi connectivity index (χ0n) is 26.4. The highest BCUT2D eigenvalue weighted by Gasteiger charge is 2.18. The van der Waals surface area contributed by atoms with E-state index in [2.05, 4.69) is 38.0 Å². The van der Waals surface area contributed by atoms with Crippen molar-refractivity contribution in [2.45, 2.75) is 38.8 Å². The maximum absolute atomic E-state index is 12.9. The number of ketones is 1. The number of carbonyl (C=O) groups excluding carboxylic acids is 2. The molecule has 48 heavy (non-hydrogen) atoms. The summed E-state index contributed by atoms with van der Waals surface area (Å²) < 4.78 is 9.74. The van der Waals surface area contributed by atoms with Gasteiger partial charge in [-0.25, -0.2) is 4.79 Å². The van der Waals surface area contributed by atoms with E-state index in [1.54, 1.807) is 30.6 Å². The van der Waals surface area contributed by atoms with E-state index < -0.39 is 5.97 Å². The number of benzene rings is 2. The first kappa shape index (κ1) is 35.3. The molecular weight excluding hydrogens is 634 g/mol. The van der Waals surface area contributed by atoms with Crippen LogP contribution >= 0.6 is 11.6 Å². The van der Waals surface area contributed by atoms with Gasteiger partial charge in [0.25, 0.3) is 6.47 Å². The zero-order valence-corrected chi connectivity index (χ0v) is 27.2. The molecule has 1 fully saturated rings. The van der Waals surface area contributed by atoms with Crippen LogP contribution in [0.4, 0.5) is 11.4 Å². The average molecular weight is 668 g/mol. The van der Waals surface area contributed by atoms with Crippen molar-refractivity contribution in [1.82, 2.24) is 14.9 Å². The van der Waals surface area contributed by atoms with Crippen molar-refractivity contribution >= 4 is 52.1 Å². The Hall–Kier alpha value is -5.57. The zero-order chi connectivity index (χ0) is 34.5. The Balaban J connectivity index is 0.000000579. The minimum atomic E-state index is -1.15. The number of nitriles is 1. The number of ether oxygens (including phenoxy) is 2. The van der Waals surface area contributed by atoms with E-state index in [0.29, 0.717) is 46.4 Å².